The Bertz CT molecular complexity index is 486. The molecule has 0 spiro atoms. The molecule has 0 aliphatic rings. The first-order chi connectivity index (χ1) is 8.69. The highest BCUT2D eigenvalue weighted by molar-refractivity contribution is 6.57. The molecule has 0 fully saturated rings. The number of alkyl halides is 5. The fraction of sp³-hybridized carbons (Fsp3) is 0.250. The average Bonchev–Trinajstić information content (AvgIpc) is 2.35. The van der Waals surface area contributed by atoms with Gasteiger partial charge in [0, 0.05) is 6.54 Å². The summed E-state index contributed by atoms with van der Waals surface area (Å²) in [7, 11) is 0. The van der Waals surface area contributed by atoms with Gasteiger partial charge in [-0.2, -0.15) is 13.2 Å². The molecule has 1 N–H and O–H groups in total. The highest BCUT2D eigenvalue weighted by atomic mass is 35.5. The quantitative estimate of drug-likeness (QED) is 0.667. The second-order valence-electron chi connectivity index (χ2n) is 3.65. The first-order valence-corrected chi connectivity index (χ1v) is 5.90. The maximum Gasteiger partial charge on any atom is 0.416 e. The lowest BCUT2D eigenvalue weighted by atomic mass is 10.1. The van der Waals surface area contributed by atoms with Gasteiger partial charge in [-0.1, -0.05) is 41.4 Å². The molecule has 0 aromatic heterocycles. The van der Waals surface area contributed by atoms with Crippen LogP contribution in [0.25, 0.3) is 0 Å². The molecule has 1 amide bonds. The third-order valence-electron chi connectivity index (χ3n) is 2.24. The lowest BCUT2D eigenvalue weighted by Gasteiger charge is -2.20. The second kappa shape index (κ2) is 5.84. The van der Waals surface area contributed by atoms with Crippen LogP contribution in [0.5, 0.6) is 0 Å². The molecule has 1 aromatic rings. The summed E-state index contributed by atoms with van der Waals surface area (Å²) < 4.78 is 35.6. The number of carbonyl (C=O) groups is 1. The van der Waals surface area contributed by atoms with Crippen LogP contribution in [0.1, 0.15) is 11.1 Å². The molecule has 0 saturated heterocycles. The van der Waals surface area contributed by atoms with E-state index in [2.05, 4.69) is 11.9 Å². The van der Waals surface area contributed by atoms with Gasteiger partial charge in [0.05, 0.1) is 5.56 Å². The maximum absolute atomic E-state index is 12.6. The van der Waals surface area contributed by atoms with E-state index < -0.39 is 22.0 Å². The van der Waals surface area contributed by atoms with E-state index in [9.17, 15) is 18.0 Å². The van der Waals surface area contributed by atoms with Gasteiger partial charge in [0.1, 0.15) is 0 Å². The molecule has 0 unspecified atom stereocenters. The monoisotopic (exact) mass is 311 g/mol. The topological polar surface area (TPSA) is 29.1 Å². The Kier molecular flexibility index (Phi) is 4.87. The van der Waals surface area contributed by atoms with Gasteiger partial charge in [0.2, 0.25) is 4.33 Å². The summed E-state index contributed by atoms with van der Waals surface area (Å²) in [6.07, 6.45) is -3.13. The van der Waals surface area contributed by atoms with Gasteiger partial charge in [-0.3, -0.25) is 4.79 Å². The SMILES string of the molecule is C=CCNC(=O)C(Cl)(Cl)c1cccc(C(F)(F)F)c1. The summed E-state index contributed by atoms with van der Waals surface area (Å²) in [6.45, 7) is 3.49. The first-order valence-electron chi connectivity index (χ1n) is 5.14. The molecule has 0 bridgehead atoms. The Labute approximate surface area is 118 Å². The Morgan fingerprint density at radius 3 is 2.42 bits per heavy atom. The van der Waals surface area contributed by atoms with Crippen LogP contribution < -0.4 is 5.32 Å². The first kappa shape index (κ1) is 15.9. The summed E-state index contributed by atoms with van der Waals surface area (Å²) in [6, 6.07) is 4.00. The van der Waals surface area contributed by atoms with Crippen molar-refractivity contribution in [1.29, 1.82) is 0 Å². The highest BCUT2D eigenvalue weighted by Crippen LogP contribution is 2.37. The number of carbonyl (C=O) groups excluding carboxylic acids is 1. The lowest BCUT2D eigenvalue weighted by molar-refractivity contribution is -0.137. The summed E-state index contributed by atoms with van der Waals surface area (Å²) in [5.74, 6) is -0.810. The zero-order valence-electron chi connectivity index (χ0n) is 9.60. The highest BCUT2D eigenvalue weighted by Gasteiger charge is 2.38. The number of hydrogen-bond donors (Lipinski definition) is 1. The van der Waals surface area contributed by atoms with Crippen molar-refractivity contribution in [1.82, 2.24) is 5.32 Å². The van der Waals surface area contributed by atoms with E-state index in [1.54, 1.807) is 0 Å². The maximum atomic E-state index is 12.6. The fourth-order valence-corrected chi connectivity index (χ4v) is 1.67. The Balaban J connectivity index is 3.07. The van der Waals surface area contributed by atoms with Crippen molar-refractivity contribution in [2.45, 2.75) is 10.5 Å². The zero-order chi connectivity index (χ0) is 14.7. The average molecular weight is 312 g/mol. The van der Waals surface area contributed by atoms with Crippen LogP contribution in [0.4, 0.5) is 13.2 Å². The molecule has 0 heterocycles. The summed E-state index contributed by atoms with van der Waals surface area (Å²) >= 11 is 11.6. The third kappa shape index (κ3) is 3.88. The van der Waals surface area contributed by atoms with Gasteiger partial charge in [-0.15, -0.1) is 6.58 Å². The van der Waals surface area contributed by atoms with Crippen molar-refractivity contribution < 1.29 is 18.0 Å². The minimum atomic E-state index is -4.53. The zero-order valence-corrected chi connectivity index (χ0v) is 11.1. The van der Waals surface area contributed by atoms with Crippen LogP contribution >= 0.6 is 23.2 Å². The third-order valence-corrected chi connectivity index (χ3v) is 3.02. The van der Waals surface area contributed by atoms with E-state index in [0.717, 1.165) is 18.2 Å². The Morgan fingerprint density at radius 2 is 1.89 bits per heavy atom. The van der Waals surface area contributed by atoms with E-state index in [-0.39, 0.29) is 12.1 Å². The molecule has 7 heteroatoms. The van der Waals surface area contributed by atoms with Crippen LogP contribution in [-0.2, 0) is 15.3 Å². The molecule has 0 radical (unpaired) electrons. The van der Waals surface area contributed by atoms with Crippen molar-refractivity contribution in [2.24, 2.45) is 0 Å². The minimum Gasteiger partial charge on any atom is -0.350 e. The van der Waals surface area contributed by atoms with Gasteiger partial charge in [-0.25, -0.2) is 0 Å². The number of hydrogen-bond acceptors (Lipinski definition) is 1. The molecular weight excluding hydrogens is 302 g/mol. The summed E-state index contributed by atoms with van der Waals surface area (Å²) in [4.78, 5) is 11.7. The van der Waals surface area contributed by atoms with Crippen LogP contribution in [-0.4, -0.2) is 12.5 Å². The van der Waals surface area contributed by atoms with Crippen LogP contribution in [0.2, 0.25) is 0 Å². The molecule has 104 valence electrons. The van der Waals surface area contributed by atoms with Gasteiger partial charge >= 0.3 is 6.18 Å². The van der Waals surface area contributed by atoms with Crippen molar-refractivity contribution in [3.05, 3.63) is 48.0 Å². The molecule has 1 rings (SSSR count). The molecule has 1 aromatic carbocycles. The predicted octanol–water partition coefficient (Wildman–Crippen LogP) is 3.64. The number of amides is 1. The molecule has 0 aliphatic carbocycles. The molecule has 19 heavy (non-hydrogen) atoms. The van der Waals surface area contributed by atoms with Crippen molar-refractivity contribution in [2.75, 3.05) is 6.54 Å². The molecule has 0 aliphatic heterocycles. The number of benzene rings is 1. The normalized spacial score (nSPS) is 12.1. The van der Waals surface area contributed by atoms with Crippen LogP contribution in [0.15, 0.2) is 36.9 Å². The van der Waals surface area contributed by atoms with E-state index in [1.807, 2.05) is 0 Å². The largest absolute Gasteiger partial charge is 0.416 e. The number of halogens is 5. The smallest absolute Gasteiger partial charge is 0.350 e. The van der Waals surface area contributed by atoms with Gasteiger partial charge < -0.3 is 5.32 Å². The minimum absolute atomic E-state index is 0.110. The Morgan fingerprint density at radius 1 is 1.32 bits per heavy atom. The van der Waals surface area contributed by atoms with Crippen molar-refractivity contribution in [3.63, 3.8) is 0 Å². The van der Waals surface area contributed by atoms with Gasteiger partial charge in [0.15, 0.2) is 0 Å². The second-order valence-corrected chi connectivity index (χ2v) is 4.98. The van der Waals surface area contributed by atoms with Crippen molar-refractivity contribution in [3.8, 4) is 0 Å². The van der Waals surface area contributed by atoms with Crippen molar-refractivity contribution >= 4 is 29.1 Å². The number of rotatable bonds is 4. The standard InChI is InChI=1S/C12H10Cl2F3NO/c1-2-6-18-10(19)11(13,14)8-4-3-5-9(7-8)12(15,16)17/h2-5,7H,1,6H2,(H,18,19). The van der Waals surface area contributed by atoms with E-state index in [0.29, 0.717) is 0 Å². The lowest BCUT2D eigenvalue weighted by Crippen LogP contribution is -2.36. The molecule has 2 nitrogen and oxygen atoms in total. The fourth-order valence-electron chi connectivity index (χ4n) is 1.30. The van der Waals surface area contributed by atoms with Gasteiger partial charge in [-0.05, 0) is 17.7 Å². The Hall–Kier alpha value is -1.20. The van der Waals surface area contributed by atoms with Gasteiger partial charge in [0.25, 0.3) is 5.91 Å². The summed E-state index contributed by atoms with van der Waals surface area (Å²) in [5, 5.41) is 2.33. The summed E-state index contributed by atoms with van der Waals surface area (Å²) in [5.41, 5.74) is -1.07. The molecule has 0 atom stereocenters. The van der Waals surface area contributed by atoms with E-state index >= 15 is 0 Å². The molecular formula is C12H10Cl2F3NO. The number of nitrogens with one attached hydrogen (secondary N) is 1. The molecule has 0 saturated carbocycles. The van der Waals surface area contributed by atoms with Crippen LogP contribution in [0.3, 0.4) is 0 Å². The predicted molar refractivity (Wildman–Crippen MR) is 68.0 cm³/mol. The van der Waals surface area contributed by atoms with Crippen LogP contribution in [0, 0.1) is 0 Å². The van der Waals surface area contributed by atoms with E-state index in [4.69, 9.17) is 23.2 Å². The van der Waals surface area contributed by atoms with E-state index in [1.165, 1.54) is 12.1 Å².